The first kappa shape index (κ1) is 28.1. The number of likely N-dealkylation sites (tertiary alicyclic amines) is 1. The Morgan fingerprint density at radius 3 is 2.54 bits per heavy atom. The summed E-state index contributed by atoms with van der Waals surface area (Å²) in [5.41, 5.74) is 1.28. The van der Waals surface area contributed by atoms with E-state index < -0.39 is 35.6 Å². The number of ether oxygens (including phenoxy) is 1. The third kappa shape index (κ3) is 6.01. The van der Waals surface area contributed by atoms with Gasteiger partial charge in [0.05, 0.1) is 48.5 Å². The van der Waals surface area contributed by atoms with Crippen molar-refractivity contribution >= 4 is 18.2 Å². The number of benzene rings is 1. The molecule has 216 valence electrons. The summed E-state index contributed by atoms with van der Waals surface area (Å²) in [4.78, 5) is 33.4. The van der Waals surface area contributed by atoms with E-state index in [1.54, 1.807) is 7.05 Å². The highest BCUT2D eigenvalue weighted by Gasteiger charge is 2.39. The molecule has 41 heavy (non-hydrogen) atoms. The van der Waals surface area contributed by atoms with Crippen LogP contribution >= 0.6 is 0 Å². The third-order valence-electron chi connectivity index (χ3n) is 6.80. The van der Waals surface area contributed by atoms with Crippen LogP contribution in [0.1, 0.15) is 28.4 Å². The zero-order chi connectivity index (χ0) is 29.3. The first-order chi connectivity index (χ1) is 19.6. The largest absolute Gasteiger partial charge is 0.483 e. The summed E-state index contributed by atoms with van der Waals surface area (Å²) in [6.45, 7) is 1.39. The monoisotopic (exact) mass is 570 g/mol. The molecule has 1 atom stereocenters. The van der Waals surface area contributed by atoms with Crippen LogP contribution in [0.3, 0.4) is 0 Å². The number of rotatable bonds is 8. The molecule has 0 saturated carbocycles. The van der Waals surface area contributed by atoms with Crippen LogP contribution < -0.4 is 10.1 Å². The van der Waals surface area contributed by atoms with Crippen molar-refractivity contribution in [2.45, 2.75) is 18.6 Å². The highest BCUT2D eigenvalue weighted by molar-refractivity contribution is 5.99. The van der Waals surface area contributed by atoms with Gasteiger partial charge in [-0.3, -0.25) is 14.5 Å². The van der Waals surface area contributed by atoms with Crippen molar-refractivity contribution in [1.29, 1.82) is 0 Å². The van der Waals surface area contributed by atoms with Gasteiger partial charge < -0.3 is 19.9 Å². The molecule has 0 bridgehead atoms. The van der Waals surface area contributed by atoms with E-state index in [9.17, 15) is 22.8 Å². The van der Waals surface area contributed by atoms with Crippen LogP contribution in [-0.4, -0.2) is 94.1 Å². The maximum Gasteiger partial charge on any atom is 0.341 e. The number of halogens is 3. The zero-order valence-corrected chi connectivity index (χ0v) is 22.7. The maximum absolute atomic E-state index is 14.7. The van der Waals surface area contributed by atoms with Gasteiger partial charge in [0.2, 0.25) is 0 Å². The van der Waals surface area contributed by atoms with Crippen molar-refractivity contribution in [1.82, 2.24) is 34.9 Å². The number of hydrazone groups is 1. The summed E-state index contributed by atoms with van der Waals surface area (Å²) in [7, 11) is 5.45. The predicted molar refractivity (Wildman–Crippen MR) is 143 cm³/mol. The minimum absolute atomic E-state index is 0.0837. The Balaban J connectivity index is 1.24. The van der Waals surface area contributed by atoms with E-state index in [0.29, 0.717) is 36.5 Å². The fourth-order valence-electron chi connectivity index (χ4n) is 4.67. The number of amides is 3. The summed E-state index contributed by atoms with van der Waals surface area (Å²) < 4.78 is 49.5. The summed E-state index contributed by atoms with van der Waals surface area (Å²) in [5, 5.41) is 12.3. The standard InChI is InChI=1S/C27H29F3N8O3/c1-35(2)7-6-31-26(39)20-12-34-36(3)25(20)22-11-24(21(30)13-32-22)41-19-14-37(15-19)27(40)38-23(4-5-33-38)16-8-17(28)10-18(29)9-16/h5,8-13,19,23H,4,6-7,14-15H2,1-3H3,(H,31,39)/t23-/m0/s1. The fraction of sp³-hybridized carbons (Fsp3) is 0.370. The van der Waals surface area contributed by atoms with Gasteiger partial charge in [-0.2, -0.15) is 10.2 Å². The Bertz CT molecular complexity index is 1470. The zero-order valence-electron chi connectivity index (χ0n) is 22.7. The second-order valence-electron chi connectivity index (χ2n) is 10.1. The Labute approximate surface area is 234 Å². The number of aromatic nitrogens is 3. The molecular weight excluding hydrogens is 541 g/mol. The molecule has 2 aromatic heterocycles. The minimum Gasteiger partial charge on any atom is -0.483 e. The van der Waals surface area contributed by atoms with Crippen LogP contribution in [0.5, 0.6) is 5.75 Å². The molecule has 11 nitrogen and oxygen atoms in total. The molecule has 0 aliphatic carbocycles. The Morgan fingerprint density at radius 1 is 1.10 bits per heavy atom. The Hall–Kier alpha value is -4.46. The molecule has 2 aliphatic heterocycles. The van der Waals surface area contributed by atoms with Gasteiger partial charge in [0, 0.05) is 44.9 Å². The number of carbonyl (C=O) groups excluding carboxylic acids is 2. The quantitative estimate of drug-likeness (QED) is 0.447. The molecule has 2 aliphatic rings. The van der Waals surface area contributed by atoms with Crippen LogP contribution in [-0.2, 0) is 7.05 Å². The molecule has 1 N–H and O–H groups in total. The number of nitrogens with zero attached hydrogens (tertiary/aromatic N) is 7. The number of nitrogens with one attached hydrogen (secondary N) is 1. The number of hydrogen-bond donors (Lipinski definition) is 1. The SMILES string of the molecule is CN(C)CCNC(=O)c1cnn(C)c1-c1cc(OC2CN(C(=O)N3N=CC[C@H]3c3cc(F)cc(F)c3)C2)c(F)cn1. The summed E-state index contributed by atoms with van der Waals surface area (Å²) in [6.07, 6.45) is 3.75. The summed E-state index contributed by atoms with van der Waals surface area (Å²) in [5.74, 6) is -2.59. The molecule has 0 radical (unpaired) electrons. The van der Waals surface area contributed by atoms with E-state index in [1.165, 1.54) is 45.2 Å². The molecule has 1 aromatic carbocycles. The number of pyridine rings is 1. The molecule has 1 saturated heterocycles. The summed E-state index contributed by atoms with van der Waals surface area (Å²) in [6, 6.07) is 3.42. The molecule has 0 unspecified atom stereocenters. The minimum atomic E-state index is -0.737. The van der Waals surface area contributed by atoms with Crippen LogP contribution in [0.2, 0.25) is 0 Å². The molecule has 4 heterocycles. The summed E-state index contributed by atoms with van der Waals surface area (Å²) >= 11 is 0. The van der Waals surface area contributed by atoms with Gasteiger partial charge in [-0.1, -0.05) is 0 Å². The topological polar surface area (TPSA) is 108 Å². The number of hydrogen-bond acceptors (Lipinski definition) is 7. The van der Waals surface area contributed by atoms with Crippen molar-refractivity contribution in [2.75, 3.05) is 40.3 Å². The highest BCUT2D eigenvalue weighted by Crippen LogP contribution is 2.32. The van der Waals surface area contributed by atoms with Gasteiger partial charge in [-0.15, -0.1) is 0 Å². The lowest BCUT2D eigenvalue weighted by molar-refractivity contribution is 0.0256. The van der Waals surface area contributed by atoms with Crippen LogP contribution in [0, 0.1) is 17.5 Å². The van der Waals surface area contributed by atoms with Gasteiger partial charge in [0.25, 0.3) is 5.91 Å². The van der Waals surface area contributed by atoms with Crippen molar-refractivity contribution in [3.8, 4) is 17.1 Å². The molecule has 3 aromatic rings. The van der Waals surface area contributed by atoms with E-state index >= 15 is 0 Å². The average molecular weight is 571 g/mol. The number of carbonyl (C=O) groups is 2. The third-order valence-corrected chi connectivity index (χ3v) is 6.80. The van der Waals surface area contributed by atoms with Crippen LogP contribution in [0.15, 0.2) is 41.8 Å². The van der Waals surface area contributed by atoms with Crippen molar-refractivity contribution in [3.63, 3.8) is 0 Å². The first-order valence-corrected chi connectivity index (χ1v) is 12.9. The molecular formula is C27H29F3N8O3. The first-order valence-electron chi connectivity index (χ1n) is 12.9. The normalized spacial score (nSPS) is 16.8. The molecule has 5 rings (SSSR count). The van der Waals surface area contributed by atoms with Crippen molar-refractivity contribution < 1.29 is 27.5 Å². The molecule has 1 fully saturated rings. The van der Waals surface area contributed by atoms with Gasteiger partial charge in [-0.05, 0) is 31.8 Å². The second-order valence-corrected chi connectivity index (χ2v) is 10.1. The number of aryl methyl sites for hydroxylation is 1. The molecule has 3 amide bonds. The van der Waals surface area contributed by atoms with Crippen LogP contribution in [0.4, 0.5) is 18.0 Å². The Morgan fingerprint density at radius 2 is 1.83 bits per heavy atom. The van der Waals surface area contributed by atoms with E-state index in [4.69, 9.17) is 4.74 Å². The van der Waals surface area contributed by atoms with Gasteiger partial charge in [-0.25, -0.2) is 23.0 Å². The average Bonchev–Trinajstić information content (AvgIpc) is 3.53. The van der Waals surface area contributed by atoms with E-state index in [1.807, 2.05) is 19.0 Å². The highest BCUT2D eigenvalue weighted by atomic mass is 19.1. The van der Waals surface area contributed by atoms with E-state index in [2.05, 4.69) is 20.5 Å². The Kier molecular flexibility index (Phi) is 7.92. The van der Waals surface area contributed by atoms with E-state index in [-0.39, 0.29) is 30.3 Å². The lowest BCUT2D eigenvalue weighted by Crippen LogP contribution is -2.58. The predicted octanol–water partition coefficient (Wildman–Crippen LogP) is 2.81. The maximum atomic E-state index is 14.7. The van der Waals surface area contributed by atoms with E-state index in [0.717, 1.165) is 12.3 Å². The van der Waals surface area contributed by atoms with Gasteiger partial charge in [0.1, 0.15) is 17.7 Å². The fourth-order valence-corrected chi connectivity index (χ4v) is 4.67. The van der Waals surface area contributed by atoms with Gasteiger partial charge >= 0.3 is 6.03 Å². The molecule has 0 spiro atoms. The lowest BCUT2D eigenvalue weighted by atomic mass is 10.0. The van der Waals surface area contributed by atoms with Gasteiger partial charge in [0.15, 0.2) is 11.6 Å². The van der Waals surface area contributed by atoms with Crippen molar-refractivity contribution in [3.05, 3.63) is 65.2 Å². The smallest absolute Gasteiger partial charge is 0.341 e. The number of likely N-dealkylation sites (N-methyl/N-ethyl adjacent to an activating group) is 1. The number of urea groups is 1. The van der Waals surface area contributed by atoms with Crippen LogP contribution in [0.25, 0.3) is 11.4 Å². The second kappa shape index (κ2) is 11.6. The lowest BCUT2D eigenvalue weighted by Gasteiger charge is -2.41. The van der Waals surface area contributed by atoms with Crippen molar-refractivity contribution in [2.24, 2.45) is 12.1 Å². The molecule has 14 heteroatoms.